The quantitative estimate of drug-likeness (QED) is 0.899. The fraction of sp³-hybridized carbons (Fsp3) is 0.308. The first-order valence-electron chi connectivity index (χ1n) is 6.19. The van der Waals surface area contributed by atoms with Crippen LogP contribution in [0.1, 0.15) is 35.3 Å². The Morgan fingerprint density at radius 1 is 1.60 bits per heavy atom. The van der Waals surface area contributed by atoms with Crippen LogP contribution in [0.3, 0.4) is 0 Å². The van der Waals surface area contributed by atoms with E-state index in [2.05, 4.69) is 15.4 Å². The molecule has 2 N–H and O–H groups in total. The van der Waals surface area contributed by atoms with E-state index in [1.165, 1.54) is 12.3 Å². The predicted octanol–water partition coefficient (Wildman–Crippen LogP) is 1.64. The first-order valence-corrected chi connectivity index (χ1v) is 6.56. The lowest BCUT2D eigenvalue weighted by Gasteiger charge is -2.15. The molecule has 0 saturated heterocycles. The number of H-pyrrole nitrogens is 1. The second-order valence-electron chi connectivity index (χ2n) is 4.44. The van der Waals surface area contributed by atoms with E-state index in [9.17, 15) is 9.59 Å². The van der Waals surface area contributed by atoms with Gasteiger partial charge in [0.25, 0.3) is 11.5 Å². The second-order valence-corrected chi connectivity index (χ2v) is 4.88. The van der Waals surface area contributed by atoms with E-state index in [1.54, 1.807) is 17.9 Å². The third-order valence-electron chi connectivity index (χ3n) is 2.95. The molecule has 1 unspecified atom stereocenters. The monoisotopic (exact) mass is 294 g/mol. The number of hydrogen-bond acceptors (Lipinski definition) is 3. The lowest BCUT2D eigenvalue weighted by atomic mass is 10.1. The van der Waals surface area contributed by atoms with Crippen LogP contribution in [-0.4, -0.2) is 20.7 Å². The summed E-state index contributed by atoms with van der Waals surface area (Å²) < 4.78 is 1.66. The molecule has 7 heteroatoms. The normalized spacial score (nSPS) is 12.2. The van der Waals surface area contributed by atoms with Gasteiger partial charge in [-0.2, -0.15) is 5.10 Å². The summed E-state index contributed by atoms with van der Waals surface area (Å²) in [5.41, 5.74) is 0.426. The highest BCUT2D eigenvalue weighted by Crippen LogP contribution is 2.16. The van der Waals surface area contributed by atoms with Crippen LogP contribution >= 0.6 is 11.6 Å². The molecular formula is C13H15ClN4O2. The molecule has 0 aliphatic heterocycles. The minimum absolute atomic E-state index is 0.000148. The van der Waals surface area contributed by atoms with Gasteiger partial charge in [0.05, 0.1) is 17.3 Å². The van der Waals surface area contributed by atoms with E-state index >= 15 is 0 Å². The molecule has 0 aliphatic carbocycles. The minimum Gasteiger partial charge on any atom is -0.345 e. The molecule has 0 aliphatic rings. The summed E-state index contributed by atoms with van der Waals surface area (Å²) in [6.07, 6.45) is 5.56. The topological polar surface area (TPSA) is 79.8 Å². The van der Waals surface area contributed by atoms with Gasteiger partial charge in [-0.1, -0.05) is 18.5 Å². The average Bonchev–Trinajstić information content (AvgIpc) is 2.85. The van der Waals surface area contributed by atoms with Gasteiger partial charge in [0, 0.05) is 25.0 Å². The predicted molar refractivity (Wildman–Crippen MR) is 75.8 cm³/mol. The van der Waals surface area contributed by atoms with Gasteiger partial charge in [0.1, 0.15) is 5.56 Å². The fourth-order valence-corrected chi connectivity index (χ4v) is 2.07. The van der Waals surface area contributed by atoms with Crippen molar-refractivity contribution in [1.82, 2.24) is 20.1 Å². The number of nitrogens with zero attached hydrogens (tertiary/aromatic N) is 2. The number of carbonyl (C=O) groups excluding carboxylic acids is 1. The standard InChI is InChI=1S/C13H15ClN4O2/c1-3-11(8-5-16-18(2)7-8)17-13(20)10-4-9(14)6-15-12(10)19/h4-7,11H,3H2,1-2H3,(H,15,19)(H,17,20). The number of pyridine rings is 1. The van der Waals surface area contributed by atoms with E-state index in [1.807, 2.05) is 13.1 Å². The number of aryl methyl sites for hydroxylation is 1. The van der Waals surface area contributed by atoms with Crippen molar-refractivity contribution in [1.29, 1.82) is 0 Å². The van der Waals surface area contributed by atoms with Crippen LogP contribution in [0.4, 0.5) is 0 Å². The zero-order valence-corrected chi connectivity index (χ0v) is 11.9. The number of rotatable bonds is 4. The summed E-state index contributed by atoms with van der Waals surface area (Å²) in [6.45, 7) is 1.94. The zero-order valence-electron chi connectivity index (χ0n) is 11.2. The van der Waals surface area contributed by atoms with Gasteiger partial charge >= 0.3 is 0 Å². The van der Waals surface area contributed by atoms with E-state index in [4.69, 9.17) is 11.6 Å². The summed E-state index contributed by atoms with van der Waals surface area (Å²) in [6, 6.07) is 1.15. The molecule has 2 aromatic heterocycles. The molecule has 1 amide bonds. The fourth-order valence-electron chi connectivity index (χ4n) is 1.90. The molecule has 0 saturated carbocycles. The Morgan fingerprint density at radius 2 is 2.35 bits per heavy atom. The first kappa shape index (κ1) is 14.3. The van der Waals surface area contributed by atoms with E-state index < -0.39 is 11.5 Å². The number of halogens is 1. The van der Waals surface area contributed by atoms with Gasteiger partial charge in [-0.3, -0.25) is 14.3 Å². The molecule has 2 rings (SSSR count). The number of aromatic amines is 1. The first-order chi connectivity index (χ1) is 9.51. The van der Waals surface area contributed by atoms with Gasteiger partial charge in [-0.05, 0) is 12.5 Å². The van der Waals surface area contributed by atoms with Crippen molar-refractivity contribution in [2.24, 2.45) is 7.05 Å². The van der Waals surface area contributed by atoms with Crippen molar-refractivity contribution in [3.63, 3.8) is 0 Å². The van der Waals surface area contributed by atoms with Crippen LogP contribution in [0.15, 0.2) is 29.5 Å². The van der Waals surface area contributed by atoms with Crippen molar-refractivity contribution in [2.45, 2.75) is 19.4 Å². The Kier molecular flexibility index (Phi) is 4.24. The van der Waals surface area contributed by atoms with Crippen molar-refractivity contribution in [2.75, 3.05) is 0 Å². The molecule has 106 valence electrons. The van der Waals surface area contributed by atoms with Crippen LogP contribution in [0.2, 0.25) is 5.02 Å². The summed E-state index contributed by atoms with van der Waals surface area (Å²) in [5, 5.41) is 7.19. The molecule has 1 atom stereocenters. The maximum atomic E-state index is 12.2. The molecule has 0 aromatic carbocycles. The number of hydrogen-bond donors (Lipinski definition) is 2. The van der Waals surface area contributed by atoms with Gasteiger partial charge in [0.15, 0.2) is 0 Å². The van der Waals surface area contributed by atoms with Crippen LogP contribution in [-0.2, 0) is 7.05 Å². The number of amides is 1. The zero-order chi connectivity index (χ0) is 14.7. The van der Waals surface area contributed by atoms with Crippen LogP contribution in [0.5, 0.6) is 0 Å². The van der Waals surface area contributed by atoms with E-state index in [0.717, 1.165) is 5.56 Å². The third kappa shape index (κ3) is 3.08. The van der Waals surface area contributed by atoms with Crippen LogP contribution in [0.25, 0.3) is 0 Å². The summed E-state index contributed by atoms with van der Waals surface area (Å²) in [7, 11) is 1.81. The summed E-state index contributed by atoms with van der Waals surface area (Å²) in [5.74, 6) is -0.454. The van der Waals surface area contributed by atoms with Gasteiger partial charge in [0.2, 0.25) is 0 Å². The van der Waals surface area contributed by atoms with E-state index in [-0.39, 0.29) is 11.6 Å². The van der Waals surface area contributed by atoms with Crippen LogP contribution in [0, 0.1) is 0 Å². The maximum Gasteiger partial charge on any atom is 0.260 e. The second kappa shape index (κ2) is 5.92. The highest BCUT2D eigenvalue weighted by molar-refractivity contribution is 6.30. The Labute approximate surface area is 120 Å². The smallest absolute Gasteiger partial charge is 0.260 e. The number of carbonyl (C=O) groups is 1. The lowest BCUT2D eigenvalue weighted by Crippen LogP contribution is -2.32. The molecule has 6 nitrogen and oxygen atoms in total. The van der Waals surface area contributed by atoms with Gasteiger partial charge in [-0.25, -0.2) is 0 Å². The molecular weight excluding hydrogens is 280 g/mol. The molecule has 0 fully saturated rings. The number of aromatic nitrogens is 3. The van der Waals surface area contributed by atoms with Crippen molar-refractivity contribution in [3.05, 3.63) is 51.2 Å². The Morgan fingerprint density at radius 3 is 2.95 bits per heavy atom. The van der Waals surface area contributed by atoms with E-state index in [0.29, 0.717) is 11.4 Å². The maximum absolute atomic E-state index is 12.2. The van der Waals surface area contributed by atoms with Crippen molar-refractivity contribution >= 4 is 17.5 Å². The summed E-state index contributed by atoms with van der Waals surface area (Å²) >= 11 is 5.79. The Hall–Kier alpha value is -2.08. The lowest BCUT2D eigenvalue weighted by molar-refractivity contribution is 0.0934. The molecule has 0 radical (unpaired) electrons. The molecule has 20 heavy (non-hydrogen) atoms. The van der Waals surface area contributed by atoms with Gasteiger partial charge in [-0.15, -0.1) is 0 Å². The molecule has 2 heterocycles. The van der Waals surface area contributed by atoms with Crippen molar-refractivity contribution in [3.8, 4) is 0 Å². The van der Waals surface area contributed by atoms with Gasteiger partial charge < -0.3 is 10.3 Å². The molecule has 2 aromatic rings. The van der Waals surface area contributed by atoms with Crippen LogP contribution < -0.4 is 10.9 Å². The molecule has 0 spiro atoms. The largest absolute Gasteiger partial charge is 0.345 e. The SMILES string of the molecule is CCC(NC(=O)c1cc(Cl)c[nH]c1=O)c1cnn(C)c1. The summed E-state index contributed by atoms with van der Waals surface area (Å²) in [4.78, 5) is 26.2. The minimum atomic E-state index is -0.465. The highest BCUT2D eigenvalue weighted by Gasteiger charge is 2.17. The third-order valence-corrected chi connectivity index (χ3v) is 3.17. The number of nitrogens with one attached hydrogen (secondary N) is 2. The van der Waals surface area contributed by atoms with Crippen molar-refractivity contribution < 1.29 is 4.79 Å². The average molecular weight is 295 g/mol. The Bertz CT molecular complexity index is 677. The molecule has 0 bridgehead atoms. The highest BCUT2D eigenvalue weighted by atomic mass is 35.5. The Balaban J connectivity index is 2.21.